The smallest absolute Gasteiger partial charge is 0.0684 e. The third-order valence-electron chi connectivity index (χ3n) is 1.90. The maximum absolute atomic E-state index is 8.99. The van der Waals surface area contributed by atoms with Crippen LogP contribution in [0.2, 0.25) is 0 Å². The van der Waals surface area contributed by atoms with E-state index in [0.29, 0.717) is 0 Å². The van der Waals surface area contributed by atoms with E-state index in [0.717, 1.165) is 16.7 Å². The van der Waals surface area contributed by atoms with Crippen molar-refractivity contribution in [3.05, 3.63) is 41.0 Å². The van der Waals surface area contributed by atoms with E-state index in [9.17, 15) is 0 Å². The molecule has 0 unspecified atom stereocenters. The Morgan fingerprint density at radius 2 is 2.17 bits per heavy atom. The highest BCUT2D eigenvalue weighted by atomic mass is 16.3. The number of aryl methyl sites for hydroxylation is 1. The average molecular weight is 162 g/mol. The number of benzene rings is 1. The first-order chi connectivity index (χ1) is 5.77. The topological polar surface area (TPSA) is 20.2 Å². The van der Waals surface area contributed by atoms with Crippen LogP contribution in [0.15, 0.2) is 24.3 Å². The summed E-state index contributed by atoms with van der Waals surface area (Å²) in [6, 6.07) is 6.09. The van der Waals surface area contributed by atoms with Crippen molar-refractivity contribution < 1.29 is 5.11 Å². The van der Waals surface area contributed by atoms with E-state index in [1.165, 1.54) is 0 Å². The van der Waals surface area contributed by atoms with Crippen molar-refractivity contribution >= 4 is 6.08 Å². The van der Waals surface area contributed by atoms with E-state index in [2.05, 4.69) is 6.07 Å². The summed E-state index contributed by atoms with van der Waals surface area (Å²) in [7, 11) is 0. The van der Waals surface area contributed by atoms with Gasteiger partial charge in [0.2, 0.25) is 0 Å². The van der Waals surface area contributed by atoms with Gasteiger partial charge in [-0.05, 0) is 36.6 Å². The van der Waals surface area contributed by atoms with Gasteiger partial charge in [0.1, 0.15) is 0 Å². The predicted molar refractivity (Wildman–Crippen MR) is 51.8 cm³/mol. The minimum atomic E-state index is 0.122. The quantitative estimate of drug-likeness (QED) is 0.708. The van der Waals surface area contributed by atoms with Gasteiger partial charge in [-0.3, -0.25) is 0 Å². The number of rotatable bonds is 2. The van der Waals surface area contributed by atoms with Crippen molar-refractivity contribution in [1.82, 2.24) is 0 Å². The molecular formula is C11H14O. The molecule has 0 aliphatic heterocycles. The van der Waals surface area contributed by atoms with Gasteiger partial charge in [0, 0.05) is 0 Å². The van der Waals surface area contributed by atoms with E-state index >= 15 is 0 Å². The van der Waals surface area contributed by atoms with Crippen LogP contribution in [0.3, 0.4) is 0 Å². The Bertz CT molecular complexity index is 287. The summed E-state index contributed by atoms with van der Waals surface area (Å²) in [5.74, 6) is 0. The van der Waals surface area contributed by atoms with Crippen molar-refractivity contribution in [3.8, 4) is 0 Å². The summed E-state index contributed by atoms with van der Waals surface area (Å²) in [5.41, 5.74) is 3.29. The van der Waals surface area contributed by atoms with Gasteiger partial charge in [-0.1, -0.05) is 24.3 Å². The van der Waals surface area contributed by atoms with Crippen molar-refractivity contribution in [2.45, 2.75) is 20.5 Å². The Labute approximate surface area is 73.4 Å². The van der Waals surface area contributed by atoms with Crippen LogP contribution in [0.5, 0.6) is 0 Å². The fourth-order valence-electron chi connectivity index (χ4n) is 1.16. The molecule has 0 saturated heterocycles. The van der Waals surface area contributed by atoms with Crippen molar-refractivity contribution in [3.63, 3.8) is 0 Å². The molecule has 1 heteroatoms. The molecular weight excluding hydrogens is 148 g/mol. The lowest BCUT2D eigenvalue weighted by Gasteiger charge is -2.02. The molecule has 0 saturated carbocycles. The monoisotopic (exact) mass is 162 g/mol. The highest BCUT2D eigenvalue weighted by molar-refractivity contribution is 5.51. The number of hydrogen-bond acceptors (Lipinski definition) is 1. The van der Waals surface area contributed by atoms with Crippen molar-refractivity contribution in [2.24, 2.45) is 0 Å². The maximum Gasteiger partial charge on any atom is 0.0684 e. The second-order valence-corrected chi connectivity index (χ2v) is 2.84. The fraction of sp³-hybridized carbons (Fsp3) is 0.273. The lowest BCUT2D eigenvalue weighted by atomic mass is 10.1. The molecule has 0 aliphatic carbocycles. The van der Waals surface area contributed by atoms with E-state index in [1.807, 2.05) is 38.1 Å². The summed E-state index contributed by atoms with van der Waals surface area (Å²) in [6.07, 6.45) is 4.02. The predicted octanol–water partition coefficient (Wildman–Crippen LogP) is 2.52. The first-order valence-electron chi connectivity index (χ1n) is 4.11. The SMILES string of the molecule is C/C=C/c1ccc(C)c(CO)c1. The molecule has 0 aromatic heterocycles. The molecule has 0 radical (unpaired) electrons. The zero-order chi connectivity index (χ0) is 8.97. The second-order valence-electron chi connectivity index (χ2n) is 2.84. The van der Waals surface area contributed by atoms with Crippen molar-refractivity contribution in [2.75, 3.05) is 0 Å². The Kier molecular flexibility index (Phi) is 3.06. The van der Waals surface area contributed by atoms with Crippen LogP contribution in [0.4, 0.5) is 0 Å². The normalized spacial score (nSPS) is 10.9. The number of aliphatic hydroxyl groups excluding tert-OH is 1. The molecule has 12 heavy (non-hydrogen) atoms. The van der Waals surface area contributed by atoms with Gasteiger partial charge in [-0.2, -0.15) is 0 Å². The summed E-state index contributed by atoms with van der Waals surface area (Å²) >= 11 is 0. The molecule has 0 atom stereocenters. The van der Waals surface area contributed by atoms with Crippen LogP contribution in [0.1, 0.15) is 23.6 Å². The van der Waals surface area contributed by atoms with Crippen LogP contribution in [0, 0.1) is 6.92 Å². The Balaban J connectivity index is 3.05. The highest BCUT2D eigenvalue weighted by Crippen LogP contribution is 2.12. The minimum absolute atomic E-state index is 0.122. The molecule has 1 N–H and O–H groups in total. The van der Waals surface area contributed by atoms with Gasteiger partial charge in [0.05, 0.1) is 6.61 Å². The molecule has 1 rings (SSSR count). The van der Waals surface area contributed by atoms with Gasteiger partial charge in [0.25, 0.3) is 0 Å². The van der Waals surface area contributed by atoms with Gasteiger partial charge in [-0.15, -0.1) is 0 Å². The largest absolute Gasteiger partial charge is 0.392 e. The molecule has 1 aromatic rings. The summed E-state index contributed by atoms with van der Waals surface area (Å²) in [4.78, 5) is 0. The summed E-state index contributed by atoms with van der Waals surface area (Å²) < 4.78 is 0. The van der Waals surface area contributed by atoms with Crippen LogP contribution < -0.4 is 0 Å². The Morgan fingerprint density at radius 1 is 1.42 bits per heavy atom. The van der Waals surface area contributed by atoms with Gasteiger partial charge >= 0.3 is 0 Å². The third-order valence-corrected chi connectivity index (χ3v) is 1.90. The van der Waals surface area contributed by atoms with E-state index < -0.39 is 0 Å². The molecule has 0 aliphatic rings. The lowest BCUT2D eigenvalue weighted by molar-refractivity contribution is 0.281. The second kappa shape index (κ2) is 4.07. The molecule has 0 amide bonds. The number of allylic oxidation sites excluding steroid dienone is 1. The van der Waals surface area contributed by atoms with Gasteiger partial charge in [-0.25, -0.2) is 0 Å². The van der Waals surface area contributed by atoms with Crippen LogP contribution >= 0.6 is 0 Å². The average Bonchev–Trinajstić information content (AvgIpc) is 2.09. The first kappa shape index (κ1) is 9.01. The van der Waals surface area contributed by atoms with E-state index in [4.69, 9.17) is 5.11 Å². The van der Waals surface area contributed by atoms with Crippen LogP contribution in [-0.2, 0) is 6.61 Å². The number of hydrogen-bond donors (Lipinski definition) is 1. The highest BCUT2D eigenvalue weighted by Gasteiger charge is 1.95. The van der Waals surface area contributed by atoms with Crippen molar-refractivity contribution in [1.29, 1.82) is 0 Å². The molecule has 0 bridgehead atoms. The molecule has 1 nitrogen and oxygen atoms in total. The van der Waals surface area contributed by atoms with Gasteiger partial charge < -0.3 is 5.11 Å². The fourth-order valence-corrected chi connectivity index (χ4v) is 1.16. The Hall–Kier alpha value is -1.08. The standard InChI is InChI=1S/C11H14O/c1-3-4-10-6-5-9(2)11(7-10)8-12/h3-7,12H,8H2,1-2H3/b4-3+. The molecule has 64 valence electrons. The van der Waals surface area contributed by atoms with Crippen LogP contribution in [0.25, 0.3) is 6.08 Å². The molecule has 1 aromatic carbocycles. The first-order valence-corrected chi connectivity index (χ1v) is 4.11. The Morgan fingerprint density at radius 3 is 2.75 bits per heavy atom. The van der Waals surface area contributed by atoms with E-state index in [-0.39, 0.29) is 6.61 Å². The summed E-state index contributed by atoms with van der Waals surface area (Å²) in [6.45, 7) is 4.11. The maximum atomic E-state index is 8.99. The zero-order valence-electron chi connectivity index (χ0n) is 7.54. The lowest BCUT2D eigenvalue weighted by Crippen LogP contribution is -1.88. The summed E-state index contributed by atoms with van der Waals surface area (Å²) in [5, 5.41) is 8.99. The minimum Gasteiger partial charge on any atom is -0.392 e. The van der Waals surface area contributed by atoms with E-state index in [1.54, 1.807) is 0 Å². The van der Waals surface area contributed by atoms with Crippen LogP contribution in [-0.4, -0.2) is 5.11 Å². The zero-order valence-corrected chi connectivity index (χ0v) is 7.54. The van der Waals surface area contributed by atoms with Gasteiger partial charge in [0.15, 0.2) is 0 Å². The molecule has 0 fully saturated rings. The molecule has 0 spiro atoms. The molecule has 0 heterocycles. The number of aliphatic hydroxyl groups is 1. The third kappa shape index (κ3) is 1.95.